The number of halogens is 1. The number of amides is 1. The monoisotopic (exact) mass is 402 g/mol. The normalized spacial score (nSPS) is 16.3. The number of thiophene rings is 1. The Hall–Kier alpha value is -2.15. The summed E-state index contributed by atoms with van der Waals surface area (Å²) in [5.74, 6) is 0.604. The summed E-state index contributed by atoms with van der Waals surface area (Å²) < 4.78 is 1.81. The van der Waals surface area contributed by atoms with Gasteiger partial charge >= 0.3 is 0 Å². The first kappa shape index (κ1) is 19.6. The van der Waals surface area contributed by atoms with Crippen molar-refractivity contribution in [2.75, 3.05) is 26.7 Å². The van der Waals surface area contributed by atoms with E-state index in [1.165, 1.54) is 0 Å². The van der Waals surface area contributed by atoms with Gasteiger partial charge in [0, 0.05) is 19.3 Å². The molecule has 27 heavy (non-hydrogen) atoms. The van der Waals surface area contributed by atoms with E-state index in [0.29, 0.717) is 11.5 Å². The molecule has 1 saturated heterocycles. The van der Waals surface area contributed by atoms with E-state index in [9.17, 15) is 4.79 Å². The van der Waals surface area contributed by atoms with Crippen molar-refractivity contribution in [3.05, 3.63) is 59.6 Å². The number of aromatic nitrogens is 2. The van der Waals surface area contributed by atoms with E-state index in [1.54, 1.807) is 11.3 Å². The van der Waals surface area contributed by atoms with Crippen LogP contribution < -0.4 is 5.32 Å². The Balaban J connectivity index is 0.00000210. The third-order valence-electron chi connectivity index (χ3n) is 4.79. The molecule has 5 nitrogen and oxygen atoms in total. The number of carbonyl (C=O) groups is 1. The number of benzene rings is 1. The number of hydrogen-bond donors (Lipinski definition) is 1. The van der Waals surface area contributed by atoms with Gasteiger partial charge in [0.25, 0.3) is 5.91 Å². The van der Waals surface area contributed by atoms with E-state index in [0.717, 1.165) is 42.3 Å². The van der Waals surface area contributed by atoms with Gasteiger partial charge in [-0.25, -0.2) is 4.68 Å². The van der Waals surface area contributed by atoms with Crippen molar-refractivity contribution in [1.82, 2.24) is 20.0 Å². The Bertz CT molecular complexity index is 879. The lowest BCUT2D eigenvalue weighted by Crippen LogP contribution is -2.30. The van der Waals surface area contributed by atoms with Crippen molar-refractivity contribution >= 4 is 29.7 Å². The zero-order valence-electron chi connectivity index (χ0n) is 15.2. The fourth-order valence-electron chi connectivity index (χ4n) is 3.48. The van der Waals surface area contributed by atoms with Gasteiger partial charge in [-0.15, -0.1) is 23.7 Å². The molecule has 0 radical (unpaired) electrons. The van der Waals surface area contributed by atoms with Gasteiger partial charge in [0.05, 0.1) is 16.1 Å². The minimum atomic E-state index is 0. The molecule has 1 aliphatic rings. The van der Waals surface area contributed by atoms with Crippen LogP contribution in [0.4, 0.5) is 0 Å². The van der Waals surface area contributed by atoms with Gasteiger partial charge in [-0.1, -0.05) is 24.3 Å². The molecule has 1 amide bonds. The van der Waals surface area contributed by atoms with Crippen LogP contribution in [-0.2, 0) is 0 Å². The Morgan fingerprint density at radius 3 is 2.78 bits per heavy atom. The Morgan fingerprint density at radius 1 is 1.26 bits per heavy atom. The average Bonchev–Trinajstić information content (AvgIpc) is 3.42. The van der Waals surface area contributed by atoms with Crippen molar-refractivity contribution in [3.63, 3.8) is 0 Å². The van der Waals surface area contributed by atoms with Crippen molar-refractivity contribution in [2.45, 2.75) is 6.42 Å². The lowest BCUT2D eigenvalue weighted by atomic mass is 10.1. The summed E-state index contributed by atoms with van der Waals surface area (Å²) in [5, 5.41) is 9.97. The van der Waals surface area contributed by atoms with Gasteiger partial charge in [-0.2, -0.15) is 5.10 Å². The molecular weight excluding hydrogens is 380 g/mol. The van der Waals surface area contributed by atoms with E-state index < -0.39 is 0 Å². The maximum atomic E-state index is 13.2. The molecular formula is C20H23ClN4OS. The molecule has 2 aromatic heterocycles. The largest absolute Gasteiger partial charge is 0.338 e. The fourth-order valence-corrected chi connectivity index (χ4v) is 4.20. The maximum absolute atomic E-state index is 13.2. The molecule has 4 rings (SSSR count). The molecule has 1 aromatic carbocycles. The molecule has 1 fully saturated rings. The van der Waals surface area contributed by atoms with E-state index >= 15 is 0 Å². The van der Waals surface area contributed by atoms with Crippen molar-refractivity contribution in [2.24, 2.45) is 5.92 Å². The predicted molar refractivity (Wildman–Crippen MR) is 112 cm³/mol. The second-order valence-corrected chi connectivity index (χ2v) is 7.56. The first-order chi connectivity index (χ1) is 12.8. The van der Waals surface area contributed by atoms with Gasteiger partial charge in [0.1, 0.15) is 5.69 Å². The third kappa shape index (κ3) is 4.08. The van der Waals surface area contributed by atoms with Crippen LogP contribution in [0.25, 0.3) is 16.3 Å². The minimum absolute atomic E-state index is 0. The van der Waals surface area contributed by atoms with E-state index in [2.05, 4.69) is 5.32 Å². The molecule has 1 unspecified atom stereocenters. The Morgan fingerprint density at radius 2 is 2.07 bits per heavy atom. The summed E-state index contributed by atoms with van der Waals surface area (Å²) in [6.45, 7) is 2.57. The average molecular weight is 403 g/mol. The van der Waals surface area contributed by atoms with Crippen molar-refractivity contribution in [3.8, 4) is 16.3 Å². The highest BCUT2D eigenvalue weighted by Crippen LogP contribution is 2.30. The first-order valence-electron chi connectivity index (χ1n) is 8.89. The second kappa shape index (κ2) is 8.69. The second-order valence-electron chi connectivity index (χ2n) is 6.61. The molecule has 7 heteroatoms. The van der Waals surface area contributed by atoms with Crippen LogP contribution in [0.3, 0.4) is 0 Å². The fraction of sp³-hybridized carbons (Fsp3) is 0.300. The summed E-state index contributed by atoms with van der Waals surface area (Å²) >= 11 is 1.61. The van der Waals surface area contributed by atoms with Gasteiger partial charge in [0.2, 0.25) is 0 Å². The van der Waals surface area contributed by atoms with Crippen LogP contribution >= 0.6 is 23.7 Å². The molecule has 3 heterocycles. The number of para-hydroxylation sites is 1. The van der Waals surface area contributed by atoms with Crippen LogP contribution in [-0.4, -0.2) is 47.3 Å². The number of nitrogens with zero attached hydrogens (tertiary/aromatic N) is 3. The van der Waals surface area contributed by atoms with Crippen molar-refractivity contribution < 1.29 is 4.79 Å². The summed E-state index contributed by atoms with van der Waals surface area (Å²) in [4.78, 5) is 16.2. The van der Waals surface area contributed by atoms with E-state index in [1.807, 2.05) is 70.7 Å². The lowest BCUT2D eigenvalue weighted by Gasteiger charge is -2.16. The van der Waals surface area contributed by atoms with Crippen LogP contribution in [0.15, 0.2) is 54.0 Å². The molecule has 1 N–H and O–H groups in total. The third-order valence-corrected chi connectivity index (χ3v) is 5.66. The SMILES string of the molecule is CNCC1CCN(C(=O)c2cn(-c3ccccc3)nc2-c2cccs2)C1.Cl. The van der Waals surface area contributed by atoms with E-state index in [-0.39, 0.29) is 18.3 Å². The highest BCUT2D eigenvalue weighted by atomic mass is 35.5. The van der Waals surface area contributed by atoms with Crippen LogP contribution in [0, 0.1) is 5.92 Å². The number of likely N-dealkylation sites (tertiary alicyclic amines) is 1. The highest BCUT2D eigenvalue weighted by molar-refractivity contribution is 7.13. The first-order valence-corrected chi connectivity index (χ1v) is 9.77. The summed E-state index contributed by atoms with van der Waals surface area (Å²) in [6.07, 6.45) is 2.92. The maximum Gasteiger partial charge on any atom is 0.257 e. The molecule has 1 atom stereocenters. The highest BCUT2D eigenvalue weighted by Gasteiger charge is 2.29. The quantitative estimate of drug-likeness (QED) is 0.707. The Kier molecular flexibility index (Phi) is 6.31. The summed E-state index contributed by atoms with van der Waals surface area (Å²) in [7, 11) is 1.96. The number of rotatable bonds is 5. The summed E-state index contributed by atoms with van der Waals surface area (Å²) in [6, 6.07) is 13.9. The van der Waals surface area contributed by atoms with Crippen LogP contribution in [0.2, 0.25) is 0 Å². The standard InChI is InChI=1S/C20H22N4OS.ClH/c1-21-12-15-9-10-23(13-15)20(25)17-14-24(16-6-3-2-4-7-16)22-19(17)18-8-5-11-26-18;/h2-8,11,14-15,21H,9-10,12-13H2,1H3;1H. The van der Waals surface area contributed by atoms with Gasteiger partial charge in [-0.05, 0) is 49.5 Å². The topological polar surface area (TPSA) is 50.2 Å². The van der Waals surface area contributed by atoms with Gasteiger partial charge in [0.15, 0.2) is 0 Å². The molecule has 0 aliphatic carbocycles. The Labute approximate surface area is 169 Å². The number of carbonyl (C=O) groups excluding carboxylic acids is 1. The molecule has 1 aliphatic heterocycles. The minimum Gasteiger partial charge on any atom is -0.338 e. The zero-order chi connectivity index (χ0) is 17.9. The molecule has 3 aromatic rings. The molecule has 0 saturated carbocycles. The molecule has 0 spiro atoms. The summed E-state index contributed by atoms with van der Waals surface area (Å²) in [5.41, 5.74) is 2.41. The van der Waals surface area contributed by atoms with Crippen LogP contribution in [0.5, 0.6) is 0 Å². The molecule has 0 bridgehead atoms. The molecule has 142 valence electrons. The van der Waals surface area contributed by atoms with Gasteiger partial charge in [-0.3, -0.25) is 4.79 Å². The zero-order valence-corrected chi connectivity index (χ0v) is 16.8. The number of hydrogen-bond acceptors (Lipinski definition) is 4. The van der Waals surface area contributed by atoms with Gasteiger partial charge < -0.3 is 10.2 Å². The number of nitrogens with one attached hydrogen (secondary N) is 1. The smallest absolute Gasteiger partial charge is 0.257 e. The van der Waals surface area contributed by atoms with E-state index in [4.69, 9.17) is 5.10 Å². The predicted octanol–water partition coefficient (Wildman–Crippen LogP) is 3.70. The van der Waals surface area contributed by atoms with Crippen LogP contribution in [0.1, 0.15) is 16.8 Å². The van der Waals surface area contributed by atoms with Crippen molar-refractivity contribution in [1.29, 1.82) is 0 Å². The lowest BCUT2D eigenvalue weighted by molar-refractivity contribution is 0.0788.